The molecule has 0 saturated heterocycles. The number of amides is 1. The first kappa shape index (κ1) is 22.2. The molecule has 0 spiro atoms. The molecule has 5 nitrogen and oxygen atoms in total. The van der Waals surface area contributed by atoms with E-state index in [9.17, 15) is 4.79 Å². The third-order valence-electron chi connectivity index (χ3n) is 5.05. The summed E-state index contributed by atoms with van der Waals surface area (Å²) < 4.78 is 6.47. The summed E-state index contributed by atoms with van der Waals surface area (Å²) in [7, 11) is 5.73. The lowest BCUT2D eigenvalue weighted by atomic mass is 9.86. The van der Waals surface area contributed by atoms with Gasteiger partial charge in [0.1, 0.15) is 11.3 Å². The van der Waals surface area contributed by atoms with Gasteiger partial charge in [-0.05, 0) is 62.3 Å². The summed E-state index contributed by atoms with van der Waals surface area (Å²) in [5, 5.41) is 0.707. The largest absolute Gasteiger partial charge is 0.494 e. The zero-order valence-electron chi connectivity index (χ0n) is 18.7. The number of carbonyl (C=O) groups is 1. The van der Waals surface area contributed by atoms with Crippen LogP contribution in [-0.4, -0.2) is 50.1 Å². The number of thiazole rings is 1. The number of aromatic nitrogens is 1. The zero-order valence-corrected chi connectivity index (χ0v) is 19.5. The van der Waals surface area contributed by atoms with Gasteiger partial charge in [0, 0.05) is 12.1 Å². The Bertz CT molecular complexity index is 1000. The van der Waals surface area contributed by atoms with Crippen molar-refractivity contribution in [2.75, 3.05) is 39.2 Å². The minimum absolute atomic E-state index is 0.0211. The van der Waals surface area contributed by atoms with Crippen LogP contribution in [0.1, 0.15) is 43.1 Å². The van der Waals surface area contributed by atoms with Gasteiger partial charge in [0.15, 0.2) is 5.13 Å². The molecule has 0 bridgehead atoms. The number of rotatable bonds is 7. The topological polar surface area (TPSA) is 45.7 Å². The van der Waals surface area contributed by atoms with Crippen molar-refractivity contribution in [1.29, 1.82) is 0 Å². The van der Waals surface area contributed by atoms with Crippen LogP contribution in [-0.2, 0) is 5.41 Å². The highest BCUT2D eigenvalue weighted by Gasteiger charge is 2.23. The molecule has 1 aromatic heterocycles. The lowest BCUT2D eigenvalue weighted by Crippen LogP contribution is -2.33. The summed E-state index contributed by atoms with van der Waals surface area (Å²) in [4.78, 5) is 22.2. The number of benzene rings is 2. The van der Waals surface area contributed by atoms with Crippen molar-refractivity contribution < 1.29 is 9.53 Å². The van der Waals surface area contributed by atoms with Gasteiger partial charge in [0.2, 0.25) is 0 Å². The van der Waals surface area contributed by atoms with Crippen LogP contribution in [0.15, 0.2) is 42.5 Å². The van der Waals surface area contributed by atoms with Gasteiger partial charge in [0.05, 0.1) is 11.8 Å². The molecule has 3 aromatic rings. The van der Waals surface area contributed by atoms with Gasteiger partial charge in [0.25, 0.3) is 5.91 Å². The number of methoxy groups -OCH3 is 1. The standard InChI is InChI=1S/C24H31N3O2S/c1-24(2,3)18-13-11-17(12-14-18)22(28)27(16-8-15-26(4)5)23-25-21-19(29-6)9-7-10-20(21)30-23/h7,9-14H,8,15-16H2,1-6H3. The van der Waals surface area contributed by atoms with Gasteiger partial charge in [-0.1, -0.05) is 50.3 Å². The minimum atomic E-state index is -0.0211. The van der Waals surface area contributed by atoms with Crippen molar-refractivity contribution in [2.24, 2.45) is 0 Å². The fourth-order valence-electron chi connectivity index (χ4n) is 3.29. The first-order valence-corrected chi connectivity index (χ1v) is 11.0. The van der Waals surface area contributed by atoms with E-state index in [1.54, 1.807) is 12.0 Å². The van der Waals surface area contributed by atoms with E-state index in [1.165, 1.54) is 16.9 Å². The molecule has 0 atom stereocenters. The number of hydrogen-bond donors (Lipinski definition) is 0. The second-order valence-corrected chi connectivity index (χ2v) is 9.75. The molecule has 160 valence electrons. The van der Waals surface area contributed by atoms with Crippen LogP contribution in [0, 0.1) is 0 Å². The average Bonchev–Trinajstić information content (AvgIpc) is 3.14. The normalized spacial score (nSPS) is 11.8. The Morgan fingerprint density at radius 2 is 1.77 bits per heavy atom. The molecular weight excluding hydrogens is 394 g/mol. The maximum atomic E-state index is 13.5. The molecule has 0 saturated carbocycles. The molecule has 0 radical (unpaired) electrons. The Kier molecular flexibility index (Phi) is 6.78. The van der Waals surface area contributed by atoms with Gasteiger partial charge >= 0.3 is 0 Å². The van der Waals surface area contributed by atoms with E-state index in [2.05, 4.69) is 25.7 Å². The quantitative estimate of drug-likeness (QED) is 0.522. The Morgan fingerprint density at radius 3 is 2.37 bits per heavy atom. The first-order chi connectivity index (χ1) is 14.2. The average molecular weight is 426 g/mol. The highest BCUT2D eigenvalue weighted by Crippen LogP contribution is 2.35. The number of nitrogens with zero attached hydrogens (tertiary/aromatic N) is 3. The molecule has 0 aliphatic heterocycles. The Balaban J connectivity index is 1.95. The van der Waals surface area contributed by atoms with Crippen LogP contribution < -0.4 is 9.64 Å². The lowest BCUT2D eigenvalue weighted by molar-refractivity contribution is 0.0986. The molecule has 0 unspecified atom stereocenters. The fraction of sp³-hybridized carbons (Fsp3) is 0.417. The molecule has 0 aliphatic carbocycles. The second-order valence-electron chi connectivity index (χ2n) is 8.74. The summed E-state index contributed by atoms with van der Waals surface area (Å²) >= 11 is 1.52. The summed E-state index contributed by atoms with van der Waals surface area (Å²) in [5.74, 6) is 0.706. The number of para-hydroxylation sites is 1. The van der Waals surface area contributed by atoms with Crippen molar-refractivity contribution in [3.63, 3.8) is 0 Å². The van der Waals surface area contributed by atoms with Crippen molar-refractivity contribution in [1.82, 2.24) is 9.88 Å². The first-order valence-electron chi connectivity index (χ1n) is 10.2. The van der Waals surface area contributed by atoms with Gasteiger partial charge < -0.3 is 9.64 Å². The van der Waals surface area contributed by atoms with Crippen LogP contribution >= 0.6 is 11.3 Å². The summed E-state index contributed by atoms with van der Waals surface area (Å²) in [6.07, 6.45) is 0.867. The fourth-order valence-corrected chi connectivity index (χ4v) is 4.30. The monoisotopic (exact) mass is 425 g/mol. The SMILES string of the molecule is COc1cccc2sc(N(CCCN(C)C)C(=O)c3ccc(C(C)(C)C)cc3)nc12. The highest BCUT2D eigenvalue weighted by molar-refractivity contribution is 7.22. The maximum Gasteiger partial charge on any atom is 0.260 e. The molecule has 0 fully saturated rings. The molecule has 3 rings (SSSR count). The van der Waals surface area contributed by atoms with E-state index in [0.29, 0.717) is 17.2 Å². The zero-order chi connectivity index (χ0) is 21.9. The molecule has 0 N–H and O–H groups in total. The third kappa shape index (κ3) is 4.99. The third-order valence-corrected chi connectivity index (χ3v) is 6.10. The van der Waals surface area contributed by atoms with E-state index >= 15 is 0 Å². The Hall–Kier alpha value is -2.44. The van der Waals surface area contributed by atoms with Gasteiger partial charge in [-0.3, -0.25) is 9.69 Å². The van der Waals surface area contributed by atoms with E-state index in [0.717, 1.165) is 28.9 Å². The van der Waals surface area contributed by atoms with Crippen LogP contribution in [0.25, 0.3) is 10.2 Å². The predicted octanol–water partition coefficient (Wildman–Crippen LogP) is 5.20. The van der Waals surface area contributed by atoms with E-state index in [4.69, 9.17) is 9.72 Å². The maximum absolute atomic E-state index is 13.5. The van der Waals surface area contributed by atoms with Crippen LogP contribution in [0.5, 0.6) is 5.75 Å². The molecular formula is C24H31N3O2S. The van der Waals surface area contributed by atoms with Crippen LogP contribution in [0.2, 0.25) is 0 Å². The number of fused-ring (bicyclic) bond motifs is 1. The number of hydrogen-bond acceptors (Lipinski definition) is 5. The van der Waals surface area contributed by atoms with Crippen molar-refractivity contribution in [3.8, 4) is 5.75 Å². The molecule has 30 heavy (non-hydrogen) atoms. The van der Waals surface area contributed by atoms with Crippen molar-refractivity contribution in [2.45, 2.75) is 32.6 Å². The van der Waals surface area contributed by atoms with Crippen molar-refractivity contribution >= 4 is 32.6 Å². The van der Waals surface area contributed by atoms with Gasteiger partial charge in [-0.25, -0.2) is 4.98 Å². The Morgan fingerprint density at radius 1 is 1.07 bits per heavy atom. The number of carbonyl (C=O) groups excluding carboxylic acids is 1. The molecule has 0 aliphatic rings. The van der Waals surface area contributed by atoms with E-state index < -0.39 is 0 Å². The summed E-state index contributed by atoms with van der Waals surface area (Å²) in [6.45, 7) is 8.03. The van der Waals surface area contributed by atoms with Crippen LogP contribution in [0.4, 0.5) is 5.13 Å². The molecule has 1 heterocycles. The Labute approximate surface area is 183 Å². The summed E-state index contributed by atoms with van der Waals surface area (Å²) in [5.41, 5.74) is 2.74. The number of anilines is 1. The molecule has 2 aromatic carbocycles. The molecule has 1 amide bonds. The summed E-state index contributed by atoms with van der Waals surface area (Å²) in [6, 6.07) is 13.8. The van der Waals surface area contributed by atoms with Gasteiger partial charge in [-0.15, -0.1) is 0 Å². The minimum Gasteiger partial charge on any atom is -0.494 e. The predicted molar refractivity (Wildman–Crippen MR) is 126 cm³/mol. The van der Waals surface area contributed by atoms with Crippen LogP contribution in [0.3, 0.4) is 0 Å². The van der Waals surface area contributed by atoms with E-state index in [-0.39, 0.29) is 11.3 Å². The van der Waals surface area contributed by atoms with E-state index in [1.807, 2.05) is 56.6 Å². The van der Waals surface area contributed by atoms with Crippen molar-refractivity contribution in [3.05, 3.63) is 53.6 Å². The second kappa shape index (κ2) is 9.14. The smallest absolute Gasteiger partial charge is 0.260 e. The highest BCUT2D eigenvalue weighted by atomic mass is 32.1. The molecule has 6 heteroatoms. The van der Waals surface area contributed by atoms with Gasteiger partial charge in [-0.2, -0.15) is 0 Å². The lowest BCUT2D eigenvalue weighted by Gasteiger charge is -2.22. The number of ether oxygens (including phenoxy) is 1.